The van der Waals surface area contributed by atoms with Gasteiger partial charge in [-0.3, -0.25) is 9.59 Å². The Morgan fingerprint density at radius 2 is 1.78 bits per heavy atom. The number of primary amides is 1. The molecule has 5 nitrogen and oxygen atoms in total. The number of hydrogen-bond acceptors (Lipinski definition) is 3. The summed E-state index contributed by atoms with van der Waals surface area (Å²) in [5.74, 6) is 0.0696. The van der Waals surface area contributed by atoms with E-state index in [-0.39, 0.29) is 11.7 Å². The second-order valence-corrected chi connectivity index (χ2v) is 3.81. The molecule has 18 heavy (non-hydrogen) atoms. The molecule has 0 aliphatic carbocycles. The van der Waals surface area contributed by atoms with Gasteiger partial charge in [0.25, 0.3) is 5.91 Å². The Balaban J connectivity index is 2.10. The van der Waals surface area contributed by atoms with E-state index in [9.17, 15) is 9.59 Å². The smallest absolute Gasteiger partial charge is 0.291 e. The largest absolute Gasteiger partial charge is 0.456 e. The Hall–Kier alpha value is -2.56. The van der Waals surface area contributed by atoms with Crippen molar-refractivity contribution in [2.45, 2.75) is 6.92 Å². The van der Waals surface area contributed by atoms with Gasteiger partial charge in [-0.2, -0.15) is 0 Å². The highest BCUT2D eigenvalue weighted by Gasteiger charge is 2.10. The molecule has 92 valence electrons. The van der Waals surface area contributed by atoms with E-state index in [1.165, 1.54) is 0 Å². The lowest BCUT2D eigenvalue weighted by Crippen LogP contribution is -2.12. The molecule has 0 saturated heterocycles. The molecular formula is C13H12N2O3. The van der Waals surface area contributed by atoms with Crippen LogP contribution in [0.1, 0.15) is 26.7 Å². The van der Waals surface area contributed by atoms with Gasteiger partial charge in [-0.05, 0) is 43.3 Å². The van der Waals surface area contributed by atoms with Crippen molar-refractivity contribution >= 4 is 17.5 Å². The monoisotopic (exact) mass is 244 g/mol. The molecule has 1 aromatic heterocycles. The van der Waals surface area contributed by atoms with E-state index >= 15 is 0 Å². The van der Waals surface area contributed by atoms with Crippen molar-refractivity contribution in [1.29, 1.82) is 0 Å². The zero-order valence-electron chi connectivity index (χ0n) is 9.77. The fourth-order valence-corrected chi connectivity index (χ4v) is 1.47. The minimum atomic E-state index is -0.505. The minimum Gasteiger partial charge on any atom is -0.456 e. The summed E-state index contributed by atoms with van der Waals surface area (Å²) in [6.07, 6.45) is 0. The first-order valence-corrected chi connectivity index (χ1v) is 5.34. The average Bonchev–Trinajstić information content (AvgIpc) is 2.76. The van der Waals surface area contributed by atoms with Gasteiger partial charge in [-0.1, -0.05) is 0 Å². The van der Waals surface area contributed by atoms with E-state index in [0.717, 1.165) is 0 Å². The second-order valence-electron chi connectivity index (χ2n) is 3.81. The fraction of sp³-hybridized carbons (Fsp3) is 0.0769. The molecule has 1 heterocycles. The zero-order chi connectivity index (χ0) is 13.1. The van der Waals surface area contributed by atoms with Gasteiger partial charge >= 0.3 is 0 Å². The molecule has 0 bridgehead atoms. The number of benzene rings is 1. The maximum Gasteiger partial charge on any atom is 0.291 e. The molecule has 0 unspecified atom stereocenters. The summed E-state index contributed by atoms with van der Waals surface area (Å²) in [5, 5.41) is 2.65. The Labute approximate surface area is 104 Å². The highest BCUT2D eigenvalue weighted by atomic mass is 16.3. The third-order valence-electron chi connectivity index (χ3n) is 2.39. The maximum absolute atomic E-state index is 11.7. The Morgan fingerprint density at radius 1 is 1.11 bits per heavy atom. The Morgan fingerprint density at radius 3 is 2.28 bits per heavy atom. The third kappa shape index (κ3) is 2.57. The van der Waals surface area contributed by atoms with Crippen LogP contribution in [-0.4, -0.2) is 11.8 Å². The Bertz CT molecular complexity index is 585. The van der Waals surface area contributed by atoms with Crippen LogP contribution < -0.4 is 11.1 Å². The quantitative estimate of drug-likeness (QED) is 0.865. The van der Waals surface area contributed by atoms with Crippen molar-refractivity contribution in [1.82, 2.24) is 0 Å². The number of carbonyl (C=O) groups is 2. The van der Waals surface area contributed by atoms with Crippen LogP contribution in [0, 0.1) is 6.92 Å². The van der Waals surface area contributed by atoms with E-state index in [2.05, 4.69) is 5.32 Å². The summed E-state index contributed by atoms with van der Waals surface area (Å²) in [5.41, 5.74) is 6.08. The van der Waals surface area contributed by atoms with Crippen LogP contribution in [0.5, 0.6) is 0 Å². The average molecular weight is 244 g/mol. The van der Waals surface area contributed by atoms with Crippen molar-refractivity contribution in [3.63, 3.8) is 0 Å². The molecule has 0 saturated carbocycles. The molecule has 0 radical (unpaired) electrons. The Kier molecular flexibility index (Phi) is 3.14. The van der Waals surface area contributed by atoms with Crippen molar-refractivity contribution < 1.29 is 14.0 Å². The lowest BCUT2D eigenvalue weighted by atomic mass is 10.2. The summed E-state index contributed by atoms with van der Waals surface area (Å²) < 4.78 is 5.19. The van der Waals surface area contributed by atoms with Crippen LogP contribution in [-0.2, 0) is 0 Å². The van der Waals surface area contributed by atoms with Gasteiger partial charge in [0.2, 0.25) is 5.91 Å². The first-order chi connectivity index (χ1) is 8.56. The summed E-state index contributed by atoms with van der Waals surface area (Å²) in [7, 11) is 0. The number of nitrogens with two attached hydrogens (primary N) is 1. The van der Waals surface area contributed by atoms with Crippen molar-refractivity contribution in [3.05, 3.63) is 53.5 Å². The number of rotatable bonds is 3. The molecule has 3 N–H and O–H groups in total. The molecule has 0 atom stereocenters. The molecule has 0 aliphatic rings. The summed E-state index contributed by atoms with van der Waals surface area (Å²) in [6, 6.07) is 9.62. The van der Waals surface area contributed by atoms with Gasteiger partial charge in [0.15, 0.2) is 5.76 Å². The first kappa shape index (κ1) is 11.9. The SMILES string of the molecule is Cc1ccc(C(=O)Nc2ccc(C(N)=O)cc2)o1. The standard InChI is InChI=1S/C13H12N2O3/c1-8-2-7-11(18-8)13(17)15-10-5-3-9(4-6-10)12(14)16/h2-7H,1H3,(H2,14,16)(H,15,17). The van der Waals surface area contributed by atoms with Crippen LogP contribution in [0.2, 0.25) is 0 Å². The van der Waals surface area contributed by atoms with Crippen molar-refractivity contribution in [2.75, 3.05) is 5.32 Å². The number of aryl methyl sites for hydroxylation is 1. The minimum absolute atomic E-state index is 0.242. The number of furan rings is 1. The lowest BCUT2D eigenvalue weighted by molar-refractivity contribution is 0.0991. The molecular weight excluding hydrogens is 232 g/mol. The number of hydrogen-bond donors (Lipinski definition) is 2. The van der Waals surface area contributed by atoms with Crippen LogP contribution in [0.4, 0.5) is 5.69 Å². The third-order valence-corrected chi connectivity index (χ3v) is 2.39. The summed E-state index contributed by atoms with van der Waals surface area (Å²) in [6.45, 7) is 1.76. The van der Waals surface area contributed by atoms with E-state index < -0.39 is 5.91 Å². The number of anilines is 1. The van der Waals surface area contributed by atoms with E-state index in [1.807, 2.05) is 0 Å². The summed E-state index contributed by atoms with van der Waals surface area (Å²) in [4.78, 5) is 22.6. The fourth-order valence-electron chi connectivity index (χ4n) is 1.47. The number of carbonyl (C=O) groups excluding carboxylic acids is 2. The van der Waals surface area contributed by atoms with Gasteiger partial charge in [0, 0.05) is 11.3 Å². The second kappa shape index (κ2) is 4.75. The highest BCUT2D eigenvalue weighted by Crippen LogP contribution is 2.12. The van der Waals surface area contributed by atoms with Crippen LogP contribution in [0.25, 0.3) is 0 Å². The predicted octanol–water partition coefficient (Wildman–Crippen LogP) is 1.94. The topological polar surface area (TPSA) is 85.3 Å². The molecule has 2 aromatic rings. The number of amides is 2. The van der Waals surface area contributed by atoms with E-state index in [1.54, 1.807) is 43.3 Å². The lowest BCUT2D eigenvalue weighted by Gasteiger charge is -2.03. The van der Waals surface area contributed by atoms with Crippen LogP contribution in [0.3, 0.4) is 0 Å². The van der Waals surface area contributed by atoms with E-state index in [4.69, 9.17) is 10.2 Å². The first-order valence-electron chi connectivity index (χ1n) is 5.34. The van der Waals surface area contributed by atoms with Crippen molar-refractivity contribution in [2.24, 2.45) is 5.73 Å². The zero-order valence-corrected chi connectivity index (χ0v) is 9.77. The van der Waals surface area contributed by atoms with Gasteiger partial charge in [-0.15, -0.1) is 0 Å². The van der Waals surface area contributed by atoms with E-state index in [0.29, 0.717) is 17.0 Å². The number of nitrogens with one attached hydrogen (secondary N) is 1. The molecule has 2 rings (SSSR count). The highest BCUT2D eigenvalue weighted by molar-refractivity contribution is 6.02. The van der Waals surface area contributed by atoms with Gasteiger partial charge in [0.1, 0.15) is 5.76 Å². The van der Waals surface area contributed by atoms with Crippen LogP contribution in [0.15, 0.2) is 40.8 Å². The van der Waals surface area contributed by atoms with Gasteiger partial charge in [0.05, 0.1) is 0 Å². The van der Waals surface area contributed by atoms with Crippen molar-refractivity contribution in [3.8, 4) is 0 Å². The van der Waals surface area contributed by atoms with Gasteiger partial charge < -0.3 is 15.5 Å². The maximum atomic E-state index is 11.7. The molecule has 0 spiro atoms. The summed E-state index contributed by atoms with van der Waals surface area (Å²) >= 11 is 0. The predicted molar refractivity (Wildman–Crippen MR) is 66.4 cm³/mol. The molecule has 0 fully saturated rings. The molecule has 1 aromatic carbocycles. The molecule has 5 heteroatoms. The van der Waals surface area contributed by atoms with Gasteiger partial charge in [-0.25, -0.2) is 0 Å². The molecule has 0 aliphatic heterocycles. The normalized spacial score (nSPS) is 10.1. The van der Waals surface area contributed by atoms with Crippen LogP contribution >= 0.6 is 0 Å². The molecule has 2 amide bonds.